The molecule has 2 N–H and O–H groups in total. The van der Waals surface area contributed by atoms with E-state index in [1.54, 1.807) is 7.11 Å². The largest absolute Gasteiger partial charge is 0.481 e. The summed E-state index contributed by atoms with van der Waals surface area (Å²) in [7, 11) is 1.60. The minimum Gasteiger partial charge on any atom is -0.481 e. The highest BCUT2D eigenvalue weighted by molar-refractivity contribution is 7.80. The second kappa shape index (κ2) is 8.22. The Morgan fingerprint density at radius 1 is 1.04 bits per heavy atom. The van der Waals surface area contributed by atoms with Crippen LogP contribution in [0.3, 0.4) is 0 Å². The lowest BCUT2D eigenvalue weighted by Gasteiger charge is -2.18. The van der Waals surface area contributed by atoms with Crippen molar-refractivity contribution in [3.8, 4) is 5.88 Å². The summed E-state index contributed by atoms with van der Waals surface area (Å²) in [6.45, 7) is 2.25. The lowest BCUT2D eigenvalue weighted by molar-refractivity contribution is 0.397. The SMILES string of the molecule is COc1cc(N2Cc3ccccc3C2)nc(NC(=S)NCc2ccccc2)n1. The molecule has 0 aliphatic carbocycles. The standard InChI is InChI=1S/C21H21N5OS/c1-27-19-11-18(26-13-16-9-5-6-10-17(16)14-26)23-20(24-19)25-21(28)22-12-15-7-3-2-4-8-15/h2-11H,12-14H2,1H3,(H2,22,23,24,25,28). The molecule has 7 heteroatoms. The predicted octanol–water partition coefficient (Wildman–Crippen LogP) is 3.49. The fraction of sp³-hybridized carbons (Fsp3) is 0.190. The minimum atomic E-state index is 0.413. The zero-order valence-electron chi connectivity index (χ0n) is 15.6. The van der Waals surface area contributed by atoms with Gasteiger partial charge in [0.25, 0.3) is 0 Å². The summed E-state index contributed by atoms with van der Waals surface area (Å²) in [5, 5.41) is 6.70. The summed E-state index contributed by atoms with van der Waals surface area (Å²) in [6, 6.07) is 20.3. The Hall–Kier alpha value is -3.19. The summed E-state index contributed by atoms with van der Waals surface area (Å²) in [6.07, 6.45) is 0. The number of benzene rings is 2. The Labute approximate surface area is 169 Å². The van der Waals surface area contributed by atoms with E-state index in [1.165, 1.54) is 11.1 Å². The third kappa shape index (κ3) is 4.20. The molecule has 0 spiro atoms. The van der Waals surface area contributed by atoms with Crippen LogP contribution in [0.2, 0.25) is 0 Å². The fourth-order valence-corrected chi connectivity index (χ4v) is 3.32. The Balaban J connectivity index is 1.46. The highest BCUT2D eigenvalue weighted by atomic mass is 32.1. The monoisotopic (exact) mass is 391 g/mol. The quantitative estimate of drug-likeness (QED) is 0.646. The van der Waals surface area contributed by atoms with E-state index in [4.69, 9.17) is 17.0 Å². The molecule has 2 aromatic carbocycles. The van der Waals surface area contributed by atoms with Crippen LogP contribution < -0.4 is 20.3 Å². The summed E-state index contributed by atoms with van der Waals surface area (Å²) in [4.78, 5) is 11.2. The van der Waals surface area contributed by atoms with Crippen molar-refractivity contribution in [3.63, 3.8) is 0 Å². The molecule has 0 amide bonds. The van der Waals surface area contributed by atoms with Gasteiger partial charge in [-0.2, -0.15) is 9.97 Å². The maximum atomic E-state index is 5.39. The Bertz CT molecular complexity index is 955. The van der Waals surface area contributed by atoms with Crippen LogP contribution in [0.1, 0.15) is 16.7 Å². The third-order valence-corrected chi connectivity index (χ3v) is 4.83. The number of anilines is 2. The van der Waals surface area contributed by atoms with Crippen molar-refractivity contribution in [1.29, 1.82) is 0 Å². The van der Waals surface area contributed by atoms with Gasteiger partial charge >= 0.3 is 0 Å². The van der Waals surface area contributed by atoms with Crippen molar-refractivity contribution in [2.45, 2.75) is 19.6 Å². The van der Waals surface area contributed by atoms with Crippen LogP contribution in [0.15, 0.2) is 60.7 Å². The smallest absolute Gasteiger partial charge is 0.234 e. The average molecular weight is 392 g/mol. The molecule has 0 saturated heterocycles. The second-order valence-electron chi connectivity index (χ2n) is 6.51. The number of rotatable bonds is 5. The van der Waals surface area contributed by atoms with Crippen molar-refractivity contribution in [3.05, 3.63) is 77.4 Å². The number of fused-ring (bicyclic) bond motifs is 1. The summed E-state index contributed by atoms with van der Waals surface area (Å²) in [5.41, 5.74) is 3.78. The molecule has 0 saturated carbocycles. The molecular formula is C21H21N5OS. The number of nitrogens with one attached hydrogen (secondary N) is 2. The molecule has 2 heterocycles. The van der Waals surface area contributed by atoms with Gasteiger partial charge in [0.15, 0.2) is 5.11 Å². The first-order valence-electron chi connectivity index (χ1n) is 9.05. The molecule has 0 bridgehead atoms. The van der Waals surface area contributed by atoms with Gasteiger partial charge < -0.3 is 20.3 Å². The number of hydrogen-bond donors (Lipinski definition) is 2. The van der Waals surface area contributed by atoms with Gasteiger partial charge in [-0.3, -0.25) is 0 Å². The van der Waals surface area contributed by atoms with E-state index in [0.717, 1.165) is 24.5 Å². The summed E-state index contributed by atoms with van der Waals surface area (Å²) < 4.78 is 5.36. The normalized spacial score (nSPS) is 12.4. The predicted molar refractivity (Wildman–Crippen MR) is 114 cm³/mol. The summed E-state index contributed by atoms with van der Waals surface area (Å²) >= 11 is 5.39. The van der Waals surface area contributed by atoms with E-state index in [9.17, 15) is 0 Å². The van der Waals surface area contributed by atoms with Crippen LogP contribution in [0.25, 0.3) is 0 Å². The van der Waals surface area contributed by atoms with Gasteiger partial charge in [-0.1, -0.05) is 54.6 Å². The number of methoxy groups -OCH3 is 1. The van der Waals surface area contributed by atoms with Gasteiger partial charge in [0.2, 0.25) is 11.8 Å². The third-order valence-electron chi connectivity index (χ3n) is 4.58. The zero-order chi connectivity index (χ0) is 19.3. The molecule has 6 nitrogen and oxygen atoms in total. The highest BCUT2D eigenvalue weighted by Gasteiger charge is 2.21. The Morgan fingerprint density at radius 2 is 1.71 bits per heavy atom. The molecule has 1 aliphatic heterocycles. The molecule has 3 aromatic rings. The van der Waals surface area contributed by atoms with Gasteiger partial charge in [0, 0.05) is 25.7 Å². The van der Waals surface area contributed by atoms with Crippen molar-refractivity contribution < 1.29 is 4.74 Å². The van der Waals surface area contributed by atoms with Crippen molar-refractivity contribution in [2.75, 3.05) is 17.3 Å². The fourth-order valence-electron chi connectivity index (χ4n) is 3.15. The number of ether oxygens (including phenoxy) is 1. The van der Waals surface area contributed by atoms with Crippen LogP contribution in [0, 0.1) is 0 Å². The summed E-state index contributed by atoms with van der Waals surface area (Å²) in [5.74, 6) is 1.71. The molecule has 4 rings (SSSR count). The Kier molecular flexibility index (Phi) is 5.34. The van der Waals surface area contributed by atoms with Crippen molar-refractivity contribution >= 4 is 29.1 Å². The zero-order valence-corrected chi connectivity index (χ0v) is 16.4. The van der Waals surface area contributed by atoms with Crippen LogP contribution in [-0.2, 0) is 19.6 Å². The molecule has 0 fully saturated rings. The molecule has 142 valence electrons. The number of nitrogens with zero attached hydrogens (tertiary/aromatic N) is 3. The molecule has 0 radical (unpaired) electrons. The first kappa shape index (κ1) is 18.2. The van der Waals surface area contributed by atoms with Gasteiger partial charge in [-0.15, -0.1) is 0 Å². The van der Waals surface area contributed by atoms with Gasteiger partial charge in [-0.05, 0) is 28.9 Å². The van der Waals surface area contributed by atoms with Crippen LogP contribution in [0.4, 0.5) is 11.8 Å². The number of thiocarbonyl (C=S) groups is 1. The molecular weight excluding hydrogens is 370 g/mol. The van der Waals surface area contributed by atoms with Gasteiger partial charge in [0.1, 0.15) is 5.82 Å². The van der Waals surface area contributed by atoms with E-state index in [1.807, 2.05) is 36.4 Å². The van der Waals surface area contributed by atoms with Gasteiger partial charge in [0.05, 0.1) is 7.11 Å². The van der Waals surface area contributed by atoms with E-state index < -0.39 is 0 Å². The maximum absolute atomic E-state index is 5.39. The second-order valence-corrected chi connectivity index (χ2v) is 6.92. The Morgan fingerprint density at radius 3 is 2.39 bits per heavy atom. The van der Waals surface area contributed by atoms with E-state index in [2.05, 4.69) is 49.8 Å². The van der Waals surface area contributed by atoms with Gasteiger partial charge in [-0.25, -0.2) is 0 Å². The highest BCUT2D eigenvalue weighted by Crippen LogP contribution is 2.29. The molecule has 0 unspecified atom stereocenters. The van der Waals surface area contributed by atoms with Crippen LogP contribution in [0.5, 0.6) is 5.88 Å². The molecule has 1 aromatic heterocycles. The minimum absolute atomic E-state index is 0.413. The topological polar surface area (TPSA) is 62.3 Å². The lowest BCUT2D eigenvalue weighted by atomic mass is 10.1. The van der Waals surface area contributed by atoms with E-state index in [-0.39, 0.29) is 0 Å². The molecule has 28 heavy (non-hydrogen) atoms. The number of aromatic nitrogens is 2. The average Bonchev–Trinajstić information content (AvgIpc) is 3.17. The first-order chi connectivity index (χ1) is 13.7. The van der Waals surface area contributed by atoms with E-state index in [0.29, 0.717) is 23.5 Å². The molecule has 0 atom stereocenters. The van der Waals surface area contributed by atoms with E-state index >= 15 is 0 Å². The van der Waals surface area contributed by atoms with Crippen molar-refractivity contribution in [2.24, 2.45) is 0 Å². The van der Waals surface area contributed by atoms with Crippen LogP contribution >= 0.6 is 12.2 Å². The molecule has 1 aliphatic rings. The number of hydrogen-bond acceptors (Lipinski definition) is 5. The van der Waals surface area contributed by atoms with Crippen molar-refractivity contribution in [1.82, 2.24) is 15.3 Å². The first-order valence-corrected chi connectivity index (χ1v) is 9.45. The lowest BCUT2D eigenvalue weighted by Crippen LogP contribution is -2.29. The van der Waals surface area contributed by atoms with Crippen LogP contribution in [-0.4, -0.2) is 22.2 Å². The maximum Gasteiger partial charge on any atom is 0.234 e.